The van der Waals surface area contributed by atoms with Gasteiger partial charge in [0, 0.05) is 44.0 Å². The van der Waals surface area contributed by atoms with Crippen LogP contribution in [0.5, 0.6) is 11.5 Å². The number of piperazine rings is 1. The molecule has 2 aromatic rings. The standard InChI is InChI=1S/C28H35N3O4/c1-34-24-14-13-23(20-25(24)35-2)29-28(33)27(22-10-6-7-11-22)31-18-16-30(17-19-31)26(32)15-12-21-8-4-3-5-9-21/h3-5,8-9,12-15,20,22,27H,6-7,10-11,16-19H2,1-2H3,(H,29,33)/b15-12+. The predicted octanol–water partition coefficient (Wildman–Crippen LogP) is 4.06. The molecule has 1 saturated carbocycles. The molecule has 1 saturated heterocycles. The third-order valence-electron chi connectivity index (χ3n) is 7.00. The molecule has 1 aliphatic heterocycles. The van der Waals surface area contributed by atoms with E-state index in [4.69, 9.17) is 9.47 Å². The summed E-state index contributed by atoms with van der Waals surface area (Å²) in [5, 5.41) is 3.11. The maximum absolute atomic E-state index is 13.5. The summed E-state index contributed by atoms with van der Waals surface area (Å²) in [7, 11) is 3.18. The molecule has 1 N–H and O–H groups in total. The van der Waals surface area contributed by atoms with E-state index in [0.29, 0.717) is 49.3 Å². The van der Waals surface area contributed by atoms with Crippen molar-refractivity contribution in [2.24, 2.45) is 5.92 Å². The van der Waals surface area contributed by atoms with Gasteiger partial charge in [0.05, 0.1) is 20.3 Å². The van der Waals surface area contributed by atoms with Crippen LogP contribution in [0.15, 0.2) is 54.6 Å². The van der Waals surface area contributed by atoms with Crippen LogP contribution in [0, 0.1) is 5.92 Å². The summed E-state index contributed by atoms with van der Waals surface area (Å²) in [6.45, 7) is 2.60. The molecule has 2 aliphatic rings. The largest absolute Gasteiger partial charge is 0.493 e. The number of anilines is 1. The first kappa shape index (κ1) is 24.8. The highest BCUT2D eigenvalue weighted by molar-refractivity contribution is 5.95. The fourth-order valence-corrected chi connectivity index (χ4v) is 5.14. The molecule has 1 heterocycles. The summed E-state index contributed by atoms with van der Waals surface area (Å²) >= 11 is 0. The summed E-state index contributed by atoms with van der Waals surface area (Å²) in [5.74, 6) is 1.56. The van der Waals surface area contributed by atoms with Crippen molar-refractivity contribution in [2.45, 2.75) is 31.7 Å². The number of nitrogens with one attached hydrogen (secondary N) is 1. The van der Waals surface area contributed by atoms with Crippen LogP contribution in [0.25, 0.3) is 6.08 Å². The monoisotopic (exact) mass is 477 g/mol. The minimum atomic E-state index is -0.206. The van der Waals surface area contributed by atoms with Gasteiger partial charge < -0.3 is 19.7 Å². The molecule has 2 aromatic carbocycles. The summed E-state index contributed by atoms with van der Waals surface area (Å²) in [6, 6.07) is 15.0. The van der Waals surface area contributed by atoms with Crippen molar-refractivity contribution in [3.63, 3.8) is 0 Å². The molecule has 7 heteroatoms. The topological polar surface area (TPSA) is 71.1 Å². The van der Waals surface area contributed by atoms with Crippen molar-refractivity contribution >= 4 is 23.6 Å². The first-order chi connectivity index (χ1) is 17.1. The van der Waals surface area contributed by atoms with Gasteiger partial charge >= 0.3 is 0 Å². The van der Waals surface area contributed by atoms with E-state index in [1.54, 1.807) is 32.4 Å². The molecule has 1 unspecified atom stereocenters. The zero-order valence-corrected chi connectivity index (χ0v) is 20.6. The highest BCUT2D eigenvalue weighted by Gasteiger charge is 2.37. The smallest absolute Gasteiger partial charge is 0.246 e. The van der Waals surface area contributed by atoms with Gasteiger partial charge in [0.25, 0.3) is 0 Å². The molecule has 0 bridgehead atoms. The Morgan fingerprint density at radius 1 is 0.943 bits per heavy atom. The Morgan fingerprint density at radius 2 is 1.63 bits per heavy atom. The highest BCUT2D eigenvalue weighted by atomic mass is 16.5. The number of ether oxygens (including phenoxy) is 2. The molecule has 0 radical (unpaired) electrons. The minimum absolute atomic E-state index is 0.00729. The Labute approximate surface area is 207 Å². The number of amides is 2. The van der Waals surface area contributed by atoms with E-state index in [9.17, 15) is 9.59 Å². The van der Waals surface area contributed by atoms with Crippen LogP contribution in [0.4, 0.5) is 5.69 Å². The second-order valence-electron chi connectivity index (χ2n) is 9.15. The van der Waals surface area contributed by atoms with Crippen LogP contribution in [0.1, 0.15) is 31.2 Å². The molecule has 0 aromatic heterocycles. The van der Waals surface area contributed by atoms with E-state index < -0.39 is 0 Å². The molecule has 2 amide bonds. The zero-order chi connectivity index (χ0) is 24.6. The van der Waals surface area contributed by atoms with Gasteiger partial charge in [-0.15, -0.1) is 0 Å². The third-order valence-corrected chi connectivity index (χ3v) is 7.00. The van der Waals surface area contributed by atoms with Gasteiger partial charge in [-0.3, -0.25) is 14.5 Å². The van der Waals surface area contributed by atoms with Crippen molar-refractivity contribution in [3.05, 3.63) is 60.2 Å². The van der Waals surface area contributed by atoms with E-state index in [1.807, 2.05) is 47.4 Å². The lowest BCUT2D eigenvalue weighted by atomic mass is 9.94. The number of hydrogen-bond acceptors (Lipinski definition) is 5. The molecule has 2 fully saturated rings. The molecular weight excluding hydrogens is 442 g/mol. The second-order valence-corrected chi connectivity index (χ2v) is 9.15. The fourth-order valence-electron chi connectivity index (χ4n) is 5.14. The van der Waals surface area contributed by atoms with Crippen LogP contribution in [0.2, 0.25) is 0 Å². The maximum atomic E-state index is 13.5. The SMILES string of the molecule is COc1ccc(NC(=O)C(C2CCCC2)N2CCN(C(=O)/C=C/c3ccccc3)CC2)cc1OC. The Hall–Kier alpha value is -3.32. The van der Waals surface area contributed by atoms with Crippen LogP contribution < -0.4 is 14.8 Å². The average Bonchev–Trinajstić information content (AvgIpc) is 3.42. The molecular formula is C28H35N3O4. The zero-order valence-electron chi connectivity index (χ0n) is 20.6. The summed E-state index contributed by atoms with van der Waals surface area (Å²) in [5.41, 5.74) is 1.70. The van der Waals surface area contributed by atoms with Crippen molar-refractivity contribution in [3.8, 4) is 11.5 Å². The molecule has 35 heavy (non-hydrogen) atoms. The van der Waals surface area contributed by atoms with E-state index in [2.05, 4.69) is 10.2 Å². The van der Waals surface area contributed by atoms with Gasteiger partial charge in [-0.25, -0.2) is 0 Å². The number of benzene rings is 2. The number of carbonyl (C=O) groups is 2. The Bertz CT molecular complexity index is 1030. The van der Waals surface area contributed by atoms with Crippen molar-refractivity contribution < 1.29 is 19.1 Å². The summed E-state index contributed by atoms with van der Waals surface area (Å²) in [6.07, 6.45) is 7.93. The van der Waals surface area contributed by atoms with Gasteiger partial charge in [0.2, 0.25) is 11.8 Å². The van der Waals surface area contributed by atoms with Gasteiger partial charge in [-0.1, -0.05) is 43.2 Å². The van der Waals surface area contributed by atoms with Gasteiger partial charge in [-0.2, -0.15) is 0 Å². The average molecular weight is 478 g/mol. The molecule has 4 rings (SSSR count). The minimum Gasteiger partial charge on any atom is -0.493 e. The van der Waals surface area contributed by atoms with E-state index >= 15 is 0 Å². The number of carbonyl (C=O) groups excluding carboxylic acids is 2. The lowest BCUT2D eigenvalue weighted by Gasteiger charge is -2.40. The lowest BCUT2D eigenvalue weighted by Crippen LogP contribution is -2.56. The lowest BCUT2D eigenvalue weighted by molar-refractivity contribution is -0.129. The Balaban J connectivity index is 1.40. The summed E-state index contributed by atoms with van der Waals surface area (Å²) < 4.78 is 10.7. The first-order valence-corrected chi connectivity index (χ1v) is 12.4. The normalized spacial score (nSPS) is 17.9. The van der Waals surface area contributed by atoms with Gasteiger partial charge in [-0.05, 0) is 42.5 Å². The molecule has 7 nitrogen and oxygen atoms in total. The van der Waals surface area contributed by atoms with Crippen LogP contribution in [0.3, 0.4) is 0 Å². The van der Waals surface area contributed by atoms with Crippen molar-refractivity contribution in [1.29, 1.82) is 0 Å². The van der Waals surface area contributed by atoms with Crippen LogP contribution >= 0.6 is 0 Å². The maximum Gasteiger partial charge on any atom is 0.246 e. The Morgan fingerprint density at radius 3 is 2.29 bits per heavy atom. The number of hydrogen-bond donors (Lipinski definition) is 1. The first-order valence-electron chi connectivity index (χ1n) is 12.4. The van der Waals surface area contributed by atoms with Crippen LogP contribution in [-0.2, 0) is 9.59 Å². The van der Waals surface area contributed by atoms with Gasteiger partial charge in [0.15, 0.2) is 11.5 Å². The quantitative estimate of drug-likeness (QED) is 0.581. The molecule has 1 aliphatic carbocycles. The van der Waals surface area contributed by atoms with Crippen molar-refractivity contribution in [2.75, 3.05) is 45.7 Å². The second kappa shape index (κ2) is 11.9. The Kier molecular flexibility index (Phi) is 8.42. The third kappa shape index (κ3) is 6.22. The van der Waals surface area contributed by atoms with Gasteiger partial charge in [0.1, 0.15) is 0 Å². The van der Waals surface area contributed by atoms with E-state index in [1.165, 1.54) is 0 Å². The fraction of sp³-hybridized carbons (Fsp3) is 0.429. The highest BCUT2D eigenvalue weighted by Crippen LogP contribution is 2.33. The number of nitrogens with zero attached hydrogens (tertiary/aromatic N) is 2. The molecule has 186 valence electrons. The van der Waals surface area contributed by atoms with Crippen molar-refractivity contribution in [1.82, 2.24) is 9.80 Å². The van der Waals surface area contributed by atoms with Crippen LogP contribution in [-0.4, -0.2) is 68.1 Å². The predicted molar refractivity (Wildman–Crippen MR) is 138 cm³/mol. The molecule has 1 atom stereocenters. The number of methoxy groups -OCH3 is 2. The van der Waals surface area contributed by atoms with E-state index in [0.717, 1.165) is 31.2 Å². The van der Waals surface area contributed by atoms with E-state index in [-0.39, 0.29) is 17.9 Å². The summed E-state index contributed by atoms with van der Waals surface area (Å²) in [4.78, 5) is 30.4. The molecule has 0 spiro atoms. The number of rotatable bonds is 8.